The van der Waals surface area contributed by atoms with Gasteiger partial charge in [0.25, 0.3) is 0 Å². The molecule has 1 N–H and O–H groups in total. The molecule has 1 saturated heterocycles. The number of hydrogen-bond donors (Lipinski definition) is 1. The lowest BCUT2D eigenvalue weighted by Gasteiger charge is -2.20. The first-order chi connectivity index (χ1) is 15.3. The van der Waals surface area contributed by atoms with E-state index in [-0.39, 0.29) is 23.3 Å². The van der Waals surface area contributed by atoms with E-state index in [9.17, 15) is 13.2 Å². The van der Waals surface area contributed by atoms with Crippen LogP contribution in [-0.4, -0.2) is 38.8 Å². The molecule has 0 aliphatic carbocycles. The number of hydrogen-bond acceptors (Lipinski definition) is 4. The molecule has 0 aromatic heterocycles. The van der Waals surface area contributed by atoms with E-state index in [0.717, 1.165) is 30.4 Å². The molecule has 0 bridgehead atoms. The minimum Gasteiger partial charge on any atom is -0.496 e. The number of methoxy groups -OCH3 is 1. The molecule has 1 heterocycles. The third-order valence-corrected chi connectivity index (χ3v) is 8.01. The van der Waals surface area contributed by atoms with Gasteiger partial charge in [-0.05, 0) is 74.4 Å². The van der Waals surface area contributed by atoms with Crippen LogP contribution in [0.3, 0.4) is 0 Å². The number of nitrogens with one attached hydrogen (secondary N) is 1. The van der Waals surface area contributed by atoms with E-state index >= 15 is 0 Å². The minimum atomic E-state index is -3.51. The number of carbonyl (C=O) groups excluding carboxylic acids is 1. The number of nitrogens with zero attached hydrogens (tertiary/aromatic N) is 1. The normalized spacial score (nSPS) is 15.5. The predicted octanol–water partition coefficient (Wildman–Crippen LogP) is 4.30. The fourth-order valence-corrected chi connectivity index (χ4v) is 5.89. The zero-order valence-electron chi connectivity index (χ0n) is 19.5. The van der Waals surface area contributed by atoms with Crippen LogP contribution in [0, 0.1) is 13.8 Å². The molecule has 3 rings (SSSR count). The van der Waals surface area contributed by atoms with Crippen molar-refractivity contribution in [3.63, 3.8) is 0 Å². The Balaban J connectivity index is 1.71. The highest BCUT2D eigenvalue weighted by molar-refractivity contribution is 7.89. The van der Waals surface area contributed by atoms with Gasteiger partial charge < -0.3 is 10.1 Å². The van der Waals surface area contributed by atoms with Gasteiger partial charge in [0.2, 0.25) is 15.9 Å². The Labute approximate surface area is 192 Å². The lowest BCUT2D eigenvalue weighted by Crippen LogP contribution is -2.29. The molecule has 1 fully saturated rings. The summed E-state index contributed by atoms with van der Waals surface area (Å²) in [4.78, 5) is 13.0. The predicted molar refractivity (Wildman–Crippen MR) is 126 cm³/mol. The van der Waals surface area contributed by atoms with Crippen molar-refractivity contribution in [2.75, 3.05) is 20.2 Å². The van der Waals surface area contributed by atoms with Gasteiger partial charge in [-0.1, -0.05) is 30.7 Å². The van der Waals surface area contributed by atoms with Crippen LogP contribution in [0.15, 0.2) is 41.3 Å². The quantitative estimate of drug-likeness (QED) is 0.608. The number of sulfonamides is 1. The summed E-state index contributed by atoms with van der Waals surface area (Å²) in [5, 5.41) is 3.13. The molecule has 32 heavy (non-hydrogen) atoms. The van der Waals surface area contributed by atoms with Gasteiger partial charge >= 0.3 is 0 Å². The van der Waals surface area contributed by atoms with Gasteiger partial charge in [-0.15, -0.1) is 0 Å². The number of carbonyl (C=O) groups is 1. The number of rotatable bonds is 9. The van der Waals surface area contributed by atoms with Crippen LogP contribution in [-0.2, 0) is 21.2 Å². The highest BCUT2D eigenvalue weighted by atomic mass is 32.2. The van der Waals surface area contributed by atoms with E-state index in [1.807, 2.05) is 0 Å². The van der Waals surface area contributed by atoms with Gasteiger partial charge in [0.05, 0.1) is 18.0 Å². The van der Waals surface area contributed by atoms with E-state index < -0.39 is 10.0 Å². The summed E-state index contributed by atoms with van der Waals surface area (Å²) >= 11 is 0. The van der Waals surface area contributed by atoms with Crippen LogP contribution in [0.4, 0.5) is 0 Å². The number of ether oxygens (including phenoxy) is 1. The summed E-state index contributed by atoms with van der Waals surface area (Å²) in [7, 11) is -1.96. The van der Waals surface area contributed by atoms with Crippen molar-refractivity contribution in [2.45, 2.75) is 63.8 Å². The molecule has 1 atom stereocenters. The summed E-state index contributed by atoms with van der Waals surface area (Å²) in [6.45, 7) is 7.29. The first kappa shape index (κ1) is 24.3. The van der Waals surface area contributed by atoms with Crippen LogP contribution < -0.4 is 10.1 Å². The fourth-order valence-electron chi connectivity index (χ4n) is 4.32. The standard InChI is InChI=1S/C25H34N2O4S/c1-5-23(22-11-8-18(2)16-19(22)3)26-25(28)13-9-20-17-21(10-12-24(20)31-4)32(29,30)27-14-6-7-15-27/h8,10-12,16-17,23H,5-7,9,13-15H2,1-4H3,(H,26,28)/t23-/m0/s1. The van der Waals surface area contributed by atoms with Crippen molar-refractivity contribution in [3.8, 4) is 5.75 Å². The third-order valence-electron chi connectivity index (χ3n) is 6.12. The maximum atomic E-state index is 12.9. The molecule has 174 valence electrons. The van der Waals surface area contributed by atoms with Crippen molar-refractivity contribution in [1.29, 1.82) is 0 Å². The number of aryl methyl sites for hydroxylation is 3. The van der Waals surface area contributed by atoms with Crippen LogP contribution in [0.25, 0.3) is 0 Å². The smallest absolute Gasteiger partial charge is 0.243 e. The molecule has 2 aromatic rings. The second-order valence-electron chi connectivity index (χ2n) is 8.47. The molecule has 7 heteroatoms. The lowest BCUT2D eigenvalue weighted by molar-refractivity contribution is -0.121. The summed E-state index contributed by atoms with van der Waals surface area (Å²) in [5.74, 6) is 0.534. The Kier molecular flexibility index (Phi) is 7.96. The number of benzene rings is 2. The van der Waals surface area contributed by atoms with Gasteiger partial charge in [-0.25, -0.2) is 8.42 Å². The zero-order valence-corrected chi connectivity index (χ0v) is 20.3. The van der Waals surface area contributed by atoms with Crippen molar-refractivity contribution in [2.24, 2.45) is 0 Å². The largest absolute Gasteiger partial charge is 0.496 e. The molecule has 1 aliphatic heterocycles. The highest BCUT2D eigenvalue weighted by Gasteiger charge is 2.28. The summed E-state index contributed by atoms with van der Waals surface area (Å²) < 4.78 is 32.8. The summed E-state index contributed by atoms with van der Waals surface area (Å²) in [6, 6.07) is 11.1. The van der Waals surface area contributed by atoms with Crippen molar-refractivity contribution in [3.05, 3.63) is 58.7 Å². The van der Waals surface area contributed by atoms with E-state index in [1.54, 1.807) is 25.3 Å². The molecule has 2 aromatic carbocycles. The first-order valence-corrected chi connectivity index (χ1v) is 12.7. The summed E-state index contributed by atoms with van der Waals surface area (Å²) in [5.41, 5.74) is 4.21. The molecule has 0 radical (unpaired) electrons. The Morgan fingerprint density at radius 1 is 1.12 bits per heavy atom. The van der Waals surface area contributed by atoms with Crippen LogP contribution in [0.5, 0.6) is 5.75 Å². The van der Waals surface area contributed by atoms with Gasteiger partial charge in [0, 0.05) is 19.5 Å². The zero-order chi connectivity index (χ0) is 23.3. The van der Waals surface area contributed by atoms with Crippen LogP contribution in [0.1, 0.15) is 60.9 Å². The van der Waals surface area contributed by atoms with Crippen molar-refractivity contribution in [1.82, 2.24) is 9.62 Å². The second-order valence-corrected chi connectivity index (χ2v) is 10.4. The van der Waals surface area contributed by atoms with Gasteiger partial charge in [0.15, 0.2) is 0 Å². The maximum absolute atomic E-state index is 12.9. The maximum Gasteiger partial charge on any atom is 0.243 e. The molecule has 1 amide bonds. The van der Waals surface area contributed by atoms with E-state index in [2.05, 4.69) is 44.3 Å². The van der Waals surface area contributed by atoms with E-state index in [4.69, 9.17) is 4.74 Å². The van der Waals surface area contributed by atoms with E-state index in [1.165, 1.54) is 15.4 Å². The molecule has 1 aliphatic rings. The highest BCUT2D eigenvalue weighted by Crippen LogP contribution is 2.28. The Hall–Kier alpha value is -2.38. The minimum absolute atomic E-state index is 0.0492. The SMILES string of the molecule is CC[C@H](NC(=O)CCc1cc(S(=O)(=O)N2CCCC2)ccc1OC)c1ccc(C)cc1C. The molecular weight excluding hydrogens is 424 g/mol. The topological polar surface area (TPSA) is 75.7 Å². The molecular formula is C25H34N2O4S. The average molecular weight is 459 g/mol. The van der Waals surface area contributed by atoms with Crippen LogP contribution in [0.2, 0.25) is 0 Å². The molecule has 6 nitrogen and oxygen atoms in total. The molecule has 0 unspecified atom stereocenters. The van der Waals surface area contributed by atoms with Gasteiger partial charge in [-0.2, -0.15) is 4.31 Å². The van der Waals surface area contributed by atoms with Gasteiger partial charge in [0.1, 0.15) is 5.75 Å². The Morgan fingerprint density at radius 3 is 2.47 bits per heavy atom. The third kappa shape index (κ3) is 5.51. The van der Waals surface area contributed by atoms with Crippen molar-refractivity contribution >= 4 is 15.9 Å². The second kappa shape index (κ2) is 10.5. The number of amides is 1. The Morgan fingerprint density at radius 2 is 1.84 bits per heavy atom. The fraction of sp³-hybridized carbons (Fsp3) is 0.480. The molecule has 0 spiro atoms. The van der Waals surface area contributed by atoms with E-state index in [0.29, 0.717) is 25.3 Å². The average Bonchev–Trinajstić information content (AvgIpc) is 3.32. The lowest BCUT2D eigenvalue weighted by atomic mass is 9.97. The Bertz CT molecular complexity index is 1060. The summed E-state index contributed by atoms with van der Waals surface area (Å²) in [6.07, 6.45) is 3.23. The van der Waals surface area contributed by atoms with Crippen LogP contribution >= 0.6 is 0 Å². The van der Waals surface area contributed by atoms with Crippen molar-refractivity contribution < 1.29 is 17.9 Å². The monoisotopic (exact) mass is 458 g/mol. The first-order valence-electron chi connectivity index (χ1n) is 11.3. The van der Waals surface area contributed by atoms with Gasteiger partial charge in [-0.3, -0.25) is 4.79 Å². The molecule has 0 saturated carbocycles.